The highest BCUT2D eigenvalue weighted by Crippen LogP contribution is 2.16. The van der Waals surface area contributed by atoms with Crippen LogP contribution in [-0.4, -0.2) is 30.3 Å². The molecule has 1 aromatic heterocycles. The second-order valence-corrected chi connectivity index (χ2v) is 3.90. The van der Waals surface area contributed by atoms with E-state index in [1.807, 2.05) is 20.8 Å². The van der Waals surface area contributed by atoms with Gasteiger partial charge in [-0.2, -0.15) is 0 Å². The Morgan fingerprint density at radius 2 is 2.24 bits per heavy atom. The minimum atomic E-state index is -1.05. The molecule has 2 unspecified atom stereocenters. The van der Waals surface area contributed by atoms with Crippen molar-refractivity contribution in [2.75, 3.05) is 13.2 Å². The Kier molecular flexibility index (Phi) is 5.18. The smallest absolute Gasteiger partial charge is 0.371 e. The molecule has 2 atom stereocenters. The first-order valence-corrected chi connectivity index (χ1v) is 5.72. The number of carboxylic acids is 1. The molecule has 17 heavy (non-hydrogen) atoms. The molecule has 0 saturated carbocycles. The van der Waals surface area contributed by atoms with Gasteiger partial charge in [-0.15, -0.1) is 0 Å². The lowest BCUT2D eigenvalue weighted by Gasteiger charge is -2.16. The molecular formula is C12H19NO4. The lowest BCUT2D eigenvalue weighted by atomic mass is 10.2. The summed E-state index contributed by atoms with van der Waals surface area (Å²) in [6.07, 6.45) is 0.122. The van der Waals surface area contributed by atoms with Crippen LogP contribution in [0.2, 0.25) is 0 Å². The van der Waals surface area contributed by atoms with Crippen molar-refractivity contribution < 1.29 is 19.1 Å². The number of aromatic carboxylic acids is 1. The number of hydrogen-bond acceptors (Lipinski definition) is 4. The van der Waals surface area contributed by atoms with Crippen LogP contribution in [0.25, 0.3) is 0 Å². The highest BCUT2D eigenvalue weighted by molar-refractivity contribution is 5.84. The predicted molar refractivity (Wildman–Crippen MR) is 63.2 cm³/mol. The first-order chi connectivity index (χ1) is 8.04. The number of carboxylic acid groups (broad SMARTS) is 1. The number of rotatable bonds is 7. The molecule has 1 rings (SSSR count). The van der Waals surface area contributed by atoms with Gasteiger partial charge in [0.15, 0.2) is 0 Å². The first-order valence-electron chi connectivity index (χ1n) is 5.72. The fraction of sp³-hybridized carbons (Fsp3) is 0.583. The molecule has 0 bridgehead atoms. The van der Waals surface area contributed by atoms with E-state index < -0.39 is 5.97 Å². The molecule has 0 aliphatic rings. The van der Waals surface area contributed by atoms with Gasteiger partial charge in [-0.05, 0) is 32.9 Å². The number of hydrogen-bond donors (Lipinski definition) is 2. The van der Waals surface area contributed by atoms with Crippen molar-refractivity contribution in [3.05, 3.63) is 23.7 Å². The molecule has 0 aliphatic carbocycles. The maximum Gasteiger partial charge on any atom is 0.371 e. The second-order valence-electron chi connectivity index (χ2n) is 3.90. The maximum absolute atomic E-state index is 10.7. The van der Waals surface area contributed by atoms with Gasteiger partial charge in [-0.25, -0.2) is 4.79 Å². The molecule has 0 amide bonds. The average molecular weight is 241 g/mol. The second kappa shape index (κ2) is 6.42. The highest BCUT2D eigenvalue weighted by Gasteiger charge is 2.14. The molecule has 1 aromatic rings. The van der Waals surface area contributed by atoms with Crippen LogP contribution in [0.5, 0.6) is 0 Å². The van der Waals surface area contributed by atoms with Crippen LogP contribution in [-0.2, 0) is 4.74 Å². The molecule has 5 heteroatoms. The first kappa shape index (κ1) is 13.7. The molecule has 0 saturated heterocycles. The number of furan rings is 1. The summed E-state index contributed by atoms with van der Waals surface area (Å²) in [4.78, 5) is 10.7. The zero-order valence-electron chi connectivity index (χ0n) is 10.4. The van der Waals surface area contributed by atoms with E-state index in [1.165, 1.54) is 6.07 Å². The summed E-state index contributed by atoms with van der Waals surface area (Å²) in [6.45, 7) is 7.22. The number of nitrogens with one attached hydrogen (secondary N) is 1. The van der Waals surface area contributed by atoms with Crippen molar-refractivity contribution in [3.8, 4) is 0 Å². The fourth-order valence-electron chi connectivity index (χ4n) is 1.49. The Bertz CT molecular complexity index is 361. The van der Waals surface area contributed by atoms with Crippen LogP contribution in [0.1, 0.15) is 43.1 Å². The Hall–Kier alpha value is -1.33. The van der Waals surface area contributed by atoms with E-state index >= 15 is 0 Å². The van der Waals surface area contributed by atoms with Crippen molar-refractivity contribution in [2.24, 2.45) is 0 Å². The Morgan fingerprint density at radius 3 is 2.76 bits per heavy atom. The van der Waals surface area contributed by atoms with E-state index in [0.29, 0.717) is 18.9 Å². The summed E-state index contributed by atoms with van der Waals surface area (Å²) in [5.74, 6) is -0.469. The average Bonchev–Trinajstić information content (AvgIpc) is 2.75. The molecule has 0 radical (unpaired) electrons. The van der Waals surface area contributed by atoms with Gasteiger partial charge in [0.25, 0.3) is 0 Å². The topological polar surface area (TPSA) is 71.7 Å². The third kappa shape index (κ3) is 4.20. The van der Waals surface area contributed by atoms with E-state index in [9.17, 15) is 4.79 Å². The van der Waals surface area contributed by atoms with Gasteiger partial charge in [0, 0.05) is 13.2 Å². The molecule has 0 aliphatic heterocycles. The van der Waals surface area contributed by atoms with Gasteiger partial charge >= 0.3 is 5.97 Å². The quantitative estimate of drug-likeness (QED) is 0.764. The molecule has 1 heterocycles. The van der Waals surface area contributed by atoms with Crippen LogP contribution >= 0.6 is 0 Å². The highest BCUT2D eigenvalue weighted by atomic mass is 16.5. The molecule has 5 nitrogen and oxygen atoms in total. The molecule has 0 spiro atoms. The molecule has 0 fully saturated rings. The van der Waals surface area contributed by atoms with Crippen LogP contribution in [0.4, 0.5) is 0 Å². The van der Waals surface area contributed by atoms with Gasteiger partial charge in [0.05, 0.1) is 12.1 Å². The molecule has 96 valence electrons. The summed E-state index contributed by atoms with van der Waals surface area (Å²) in [7, 11) is 0. The zero-order chi connectivity index (χ0) is 12.8. The van der Waals surface area contributed by atoms with Gasteiger partial charge in [-0.1, -0.05) is 0 Å². The van der Waals surface area contributed by atoms with E-state index in [-0.39, 0.29) is 17.9 Å². The monoisotopic (exact) mass is 241 g/mol. The van der Waals surface area contributed by atoms with Crippen molar-refractivity contribution in [3.63, 3.8) is 0 Å². The van der Waals surface area contributed by atoms with E-state index in [0.717, 1.165) is 0 Å². The van der Waals surface area contributed by atoms with Crippen LogP contribution in [0, 0.1) is 0 Å². The standard InChI is InChI=1S/C12H19NO4/c1-4-16-8(2)7-13-9(3)10-5-6-11(17-10)12(14)15/h5-6,8-9,13H,4,7H2,1-3H3,(H,14,15). The maximum atomic E-state index is 10.7. The van der Waals surface area contributed by atoms with E-state index in [4.69, 9.17) is 14.3 Å². The van der Waals surface area contributed by atoms with Gasteiger partial charge in [0.1, 0.15) is 5.76 Å². The Morgan fingerprint density at radius 1 is 1.53 bits per heavy atom. The zero-order valence-corrected chi connectivity index (χ0v) is 10.4. The summed E-state index contributed by atoms with van der Waals surface area (Å²) in [5.41, 5.74) is 0. The summed E-state index contributed by atoms with van der Waals surface area (Å²) in [5, 5.41) is 12.0. The van der Waals surface area contributed by atoms with Crippen LogP contribution in [0.15, 0.2) is 16.5 Å². The van der Waals surface area contributed by atoms with E-state index in [1.54, 1.807) is 6.07 Å². The number of ether oxygens (including phenoxy) is 1. The third-order valence-corrected chi connectivity index (χ3v) is 2.43. The van der Waals surface area contributed by atoms with Crippen LogP contribution < -0.4 is 5.32 Å². The van der Waals surface area contributed by atoms with Crippen molar-refractivity contribution in [1.82, 2.24) is 5.32 Å². The number of carbonyl (C=O) groups is 1. The van der Waals surface area contributed by atoms with E-state index in [2.05, 4.69) is 5.32 Å². The van der Waals surface area contributed by atoms with Gasteiger partial charge in [-0.3, -0.25) is 0 Å². The summed E-state index contributed by atoms with van der Waals surface area (Å²) in [6, 6.07) is 3.10. The van der Waals surface area contributed by atoms with Crippen molar-refractivity contribution >= 4 is 5.97 Å². The third-order valence-electron chi connectivity index (χ3n) is 2.43. The Balaban J connectivity index is 2.46. The van der Waals surface area contributed by atoms with Gasteiger partial charge < -0.3 is 19.6 Å². The lowest BCUT2D eigenvalue weighted by molar-refractivity contribution is 0.0654. The minimum absolute atomic E-state index is 0.0356. The molecule has 0 aromatic carbocycles. The van der Waals surface area contributed by atoms with Crippen LogP contribution in [0.3, 0.4) is 0 Å². The largest absolute Gasteiger partial charge is 0.475 e. The van der Waals surface area contributed by atoms with Crippen molar-refractivity contribution in [1.29, 1.82) is 0 Å². The van der Waals surface area contributed by atoms with Gasteiger partial charge in [0.2, 0.25) is 5.76 Å². The predicted octanol–water partition coefficient (Wildman–Crippen LogP) is 2.05. The Labute approximate surface area is 101 Å². The lowest BCUT2D eigenvalue weighted by Crippen LogP contribution is -2.29. The SMILES string of the molecule is CCOC(C)CNC(C)c1ccc(C(=O)O)o1. The molecular weight excluding hydrogens is 222 g/mol. The summed E-state index contributed by atoms with van der Waals surface area (Å²) < 4.78 is 10.6. The summed E-state index contributed by atoms with van der Waals surface area (Å²) >= 11 is 0. The molecule has 2 N–H and O–H groups in total. The fourth-order valence-corrected chi connectivity index (χ4v) is 1.49. The normalized spacial score (nSPS) is 14.5. The minimum Gasteiger partial charge on any atom is -0.475 e. The van der Waals surface area contributed by atoms with Crippen molar-refractivity contribution in [2.45, 2.75) is 32.9 Å².